The maximum atomic E-state index is 14.7. The lowest BCUT2D eigenvalue weighted by molar-refractivity contribution is -0.125. The smallest absolute Gasteiger partial charge is 0.264 e. The SMILES string of the molecule is CC(=O)N(C)C(=O)c1c(-c2ccc(F)cc2)oc2cc(N(C)S(C)=O)c(-c3ccc4c(n3)-c3cc5c(F)cccc5n3CO4)cc12. The van der Waals surface area contributed by atoms with Gasteiger partial charge in [0.05, 0.1) is 28.2 Å². The maximum Gasteiger partial charge on any atom is 0.264 e. The lowest BCUT2D eigenvalue weighted by atomic mass is 10.00. The molecule has 46 heavy (non-hydrogen) atoms. The third-order valence-electron chi connectivity index (χ3n) is 8.25. The van der Waals surface area contributed by atoms with Crippen molar-refractivity contribution in [3.63, 3.8) is 0 Å². The Hall–Kier alpha value is -5.36. The van der Waals surface area contributed by atoms with E-state index in [4.69, 9.17) is 14.1 Å². The molecule has 6 aromatic rings. The summed E-state index contributed by atoms with van der Waals surface area (Å²) >= 11 is 0. The third kappa shape index (κ3) is 4.64. The highest BCUT2D eigenvalue weighted by Gasteiger charge is 2.29. The van der Waals surface area contributed by atoms with Crippen molar-refractivity contribution in [1.29, 1.82) is 0 Å². The highest BCUT2D eigenvalue weighted by atomic mass is 32.2. The minimum atomic E-state index is -1.47. The lowest BCUT2D eigenvalue weighted by Gasteiger charge is -2.23. The predicted octanol–water partition coefficient (Wildman–Crippen LogP) is 6.76. The molecule has 2 amide bonds. The highest BCUT2D eigenvalue weighted by Crippen LogP contribution is 2.44. The molecule has 9 nitrogen and oxygen atoms in total. The molecule has 0 fully saturated rings. The second-order valence-corrected chi connectivity index (χ2v) is 12.3. The zero-order valence-electron chi connectivity index (χ0n) is 25.1. The van der Waals surface area contributed by atoms with Gasteiger partial charge < -0.3 is 13.7 Å². The predicted molar refractivity (Wildman–Crippen MR) is 172 cm³/mol. The fourth-order valence-corrected chi connectivity index (χ4v) is 6.11. The number of hydrogen-bond donors (Lipinski definition) is 0. The molecule has 0 radical (unpaired) electrons. The monoisotopic (exact) mass is 640 g/mol. The van der Waals surface area contributed by atoms with E-state index in [0.29, 0.717) is 55.9 Å². The number of nitrogens with zero attached hydrogens (tertiary/aromatic N) is 4. The van der Waals surface area contributed by atoms with E-state index in [1.165, 1.54) is 50.6 Å². The molecular weight excluding hydrogens is 614 g/mol. The molecule has 1 unspecified atom stereocenters. The Morgan fingerprint density at radius 1 is 0.978 bits per heavy atom. The summed E-state index contributed by atoms with van der Waals surface area (Å²) in [5.74, 6) is -1.26. The number of ether oxygens (including phenoxy) is 1. The van der Waals surface area contributed by atoms with Gasteiger partial charge in [0.2, 0.25) is 5.91 Å². The van der Waals surface area contributed by atoms with Gasteiger partial charge in [-0.1, -0.05) is 6.07 Å². The lowest BCUT2D eigenvalue weighted by Crippen LogP contribution is -2.31. The van der Waals surface area contributed by atoms with Crippen molar-refractivity contribution >= 4 is 50.4 Å². The van der Waals surface area contributed by atoms with Crippen LogP contribution in [0.5, 0.6) is 5.75 Å². The minimum absolute atomic E-state index is 0.101. The number of halogens is 2. The fraction of sp³-hybridized carbons (Fsp3) is 0.147. The van der Waals surface area contributed by atoms with Gasteiger partial charge in [0.15, 0.2) is 6.73 Å². The summed E-state index contributed by atoms with van der Waals surface area (Å²) in [5.41, 5.74) is 4.09. The van der Waals surface area contributed by atoms with E-state index in [0.717, 1.165) is 4.90 Å². The number of rotatable bonds is 5. The van der Waals surface area contributed by atoms with Crippen molar-refractivity contribution in [2.45, 2.75) is 13.7 Å². The molecule has 4 heterocycles. The number of imide groups is 1. The van der Waals surface area contributed by atoms with Crippen LogP contribution in [-0.4, -0.2) is 50.8 Å². The van der Waals surface area contributed by atoms with Crippen LogP contribution in [0, 0.1) is 11.6 Å². The first kappa shape index (κ1) is 29.4. The Kier molecular flexibility index (Phi) is 6.97. The van der Waals surface area contributed by atoms with Gasteiger partial charge in [-0.05, 0) is 60.7 Å². The third-order valence-corrected chi connectivity index (χ3v) is 9.22. The van der Waals surface area contributed by atoms with Crippen LogP contribution in [0.2, 0.25) is 0 Å². The second-order valence-electron chi connectivity index (χ2n) is 10.9. The molecule has 0 saturated heterocycles. The van der Waals surface area contributed by atoms with Crippen molar-refractivity contribution in [3.05, 3.63) is 90.0 Å². The van der Waals surface area contributed by atoms with Crippen molar-refractivity contribution in [3.8, 4) is 39.7 Å². The molecule has 0 aliphatic carbocycles. The van der Waals surface area contributed by atoms with Crippen LogP contribution >= 0.6 is 0 Å². The molecule has 3 aromatic carbocycles. The molecule has 12 heteroatoms. The number of carbonyl (C=O) groups excluding carboxylic acids is 2. The Balaban J connectivity index is 1.49. The Labute approximate surface area is 264 Å². The quantitative estimate of drug-likeness (QED) is 0.207. The van der Waals surface area contributed by atoms with E-state index < -0.39 is 28.6 Å². The largest absolute Gasteiger partial charge is 0.470 e. The zero-order chi connectivity index (χ0) is 32.4. The average Bonchev–Trinajstić information content (AvgIpc) is 3.62. The van der Waals surface area contributed by atoms with Gasteiger partial charge in [-0.25, -0.2) is 18.0 Å². The van der Waals surface area contributed by atoms with Gasteiger partial charge in [0.1, 0.15) is 45.4 Å². The van der Waals surface area contributed by atoms with Crippen LogP contribution < -0.4 is 9.04 Å². The van der Waals surface area contributed by atoms with Crippen LogP contribution in [0.25, 0.3) is 55.8 Å². The van der Waals surface area contributed by atoms with Gasteiger partial charge in [0, 0.05) is 55.2 Å². The van der Waals surface area contributed by atoms with E-state index in [1.807, 2.05) is 10.6 Å². The summed E-state index contributed by atoms with van der Waals surface area (Å²) in [7, 11) is 1.56. The Morgan fingerprint density at radius 3 is 2.46 bits per heavy atom. The number of furan rings is 1. The van der Waals surface area contributed by atoms with E-state index in [1.54, 1.807) is 47.8 Å². The number of aromatic nitrogens is 2. The number of benzene rings is 3. The number of hydrogen-bond acceptors (Lipinski definition) is 6. The number of carbonyl (C=O) groups is 2. The number of pyridine rings is 1. The standard InChI is InChI=1S/C34H26F2N4O5S/c1-18(41)38(2)34(42)31-23-14-22(27(39(3)46(4)43)16-30(23)45-33(31)19-8-10-20(35)11-9-19)25-12-13-29-32(37-25)28-15-21-24(36)6-5-7-26(21)40(28)17-44-29/h5-16H,17H2,1-4H3. The molecular formula is C34H26F2N4O5S. The maximum absolute atomic E-state index is 14.7. The van der Waals surface area contributed by atoms with Crippen LogP contribution in [0.1, 0.15) is 17.3 Å². The summed E-state index contributed by atoms with van der Waals surface area (Å²) in [6, 6.07) is 18.9. The van der Waals surface area contributed by atoms with Crippen molar-refractivity contribution in [1.82, 2.24) is 14.5 Å². The van der Waals surface area contributed by atoms with E-state index in [-0.39, 0.29) is 29.5 Å². The summed E-state index contributed by atoms with van der Waals surface area (Å²) in [6.45, 7) is 1.46. The van der Waals surface area contributed by atoms with Gasteiger partial charge in [-0.2, -0.15) is 0 Å². The molecule has 1 atom stereocenters. The van der Waals surface area contributed by atoms with Gasteiger partial charge in [-0.3, -0.25) is 18.8 Å². The fourth-order valence-electron chi connectivity index (χ4n) is 5.68. The Morgan fingerprint density at radius 2 is 1.74 bits per heavy atom. The van der Waals surface area contributed by atoms with Gasteiger partial charge in [-0.15, -0.1) is 0 Å². The number of fused-ring (bicyclic) bond motifs is 6. The normalized spacial score (nSPS) is 12.8. The van der Waals surface area contributed by atoms with Gasteiger partial charge >= 0.3 is 0 Å². The summed E-state index contributed by atoms with van der Waals surface area (Å²) < 4.78 is 56.9. The number of anilines is 1. The molecule has 0 N–H and O–H groups in total. The van der Waals surface area contributed by atoms with Crippen molar-refractivity contribution < 1.29 is 31.7 Å². The summed E-state index contributed by atoms with van der Waals surface area (Å²) in [4.78, 5) is 32.0. The zero-order valence-corrected chi connectivity index (χ0v) is 25.9. The van der Waals surface area contributed by atoms with Crippen LogP contribution in [0.15, 0.2) is 77.2 Å². The molecule has 0 saturated carbocycles. The second kappa shape index (κ2) is 10.9. The molecule has 7 rings (SSSR count). The van der Waals surface area contributed by atoms with Crippen LogP contribution in [0.3, 0.4) is 0 Å². The molecule has 0 spiro atoms. The van der Waals surface area contributed by atoms with Crippen LogP contribution in [0.4, 0.5) is 14.5 Å². The first-order valence-corrected chi connectivity index (χ1v) is 15.7. The average molecular weight is 641 g/mol. The molecule has 1 aliphatic heterocycles. The minimum Gasteiger partial charge on any atom is -0.470 e. The van der Waals surface area contributed by atoms with Crippen LogP contribution in [-0.2, 0) is 22.5 Å². The van der Waals surface area contributed by atoms with Gasteiger partial charge in [0.25, 0.3) is 5.91 Å². The summed E-state index contributed by atoms with van der Waals surface area (Å²) in [5, 5.41) is 0.812. The first-order chi connectivity index (χ1) is 22.0. The molecule has 1 aliphatic rings. The van der Waals surface area contributed by atoms with E-state index in [9.17, 15) is 22.6 Å². The van der Waals surface area contributed by atoms with Crippen molar-refractivity contribution in [2.75, 3.05) is 24.7 Å². The Bertz CT molecular complexity index is 2260. The molecule has 232 valence electrons. The summed E-state index contributed by atoms with van der Waals surface area (Å²) in [6.07, 6.45) is 1.53. The number of amides is 2. The first-order valence-electron chi connectivity index (χ1n) is 14.2. The van der Waals surface area contributed by atoms with Crippen molar-refractivity contribution in [2.24, 2.45) is 0 Å². The molecule has 0 bridgehead atoms. The topological polar surface area (TPSA) is 97.9 Å². The van der Waals surface area contributed by atoms with E-state index in [2.05, 4.69) is 0 Å². The highest BCUT2D eigenvalue weighted by molar-refractivity contribution is 7.85. The molecule has 3 aromatic heterocycles. The van der Waals surface area contributed by atoms with E-state index >= 15 is 0 Å².